The predicted molar refractivity (Wildman–Crippen MR) is 222 cm³/mol. The van der Waals surface area contributed by atoms with Gasteiger partial charge in [-0.15, -0.1) is 0 Å². The molecule has 0 aliphatic heterocycles. The van der Waals surface area contributed by atoms with Gasteiger partial charge in [-0.1, -0.05) is 12.1 Å². The van der Waals surface area contributed by atoms with Crippen LogP contribution in [0.25, 0.3) is 0 Å². The number of nitrogens with zero attached hydrogens (tertiary/aromatic N) is 8. The van der Waals surface area contributed by atoms with E-state index in [1.165, 1.54) is 11.9 Å². The van der Waals surface area contributed by atoms with Crippen LogP contribution >= 0.6 is 0 Å². The van der Waals surface area contributed by atoms with E-state index < -0.39 is 0 Å². The number of rotatable bonds is 17. The summed E-state index contributed by atoms with van der Waals surface area (Å²) in [5.41, 5.74) is 3.29. The van der Waals surface area contributed by atoms with Crippen molar-refractivity contribution in [3.63, 3.8) is 0 Å². The highest BCUT2D eigenvalue weighted by molar-refractivity contribution is 5.08. The van der Waals surface area contributed by atoms with Crippen LogP contribution in [-0.2, 0) is 56.6 Å². The normalized spacial score (nSPS) is 10.6. The van der Waals surface area contributed by atoms with Gasteiger partial charge in [0.25, 0.3) is 0 Å². The lowest BCUT2D eigenvalue weighted by Gasteiger charge is -2.08. The highest BCUT2D eigenvalue weighted by Gasteiger charge is 1.99. The molecule has 5 rings (SSSR count). The first-order valence-corrected chi connectivity index (χ1v) is 19.4. The Morgan fingerprint density at radius 1 is 0.536 bits per heavy atom. The van der Waals surface area contributed by atoms with Crippen LogP contribution in [0.3, 0.4) is 0 Å². The minimum Gasteiger partial charge on any atom is -0.377 e. The minimum atomic E-state index is 0.275. The van der Waals surface area contributed by atoms with E-state index in [9.17, 15) is 0 Å². The molecule has 0 bridgehead atoms. The Hall–Kier alpha value is -4.40. The van der Waals surface area contributed by atoms with Crippen molar-refractivity contribution in [2.45, 2.75) is 140 Å². The number of hydrogen-bond acceptors (Lipinski definition) is 11. The van der Waals surface area contributed by atoms with Crippen molar-refractivity contribution in [3.05, 3.63) is 121 Å². The van der Waals surface area contributed by atoms with Crippen molar-refractivity contribution >= 4 is 0 Å². The van der Waals surface area contributed by atoms with E-state index in [0.717, 1.165) is 36.8 Å². The van der Waals surface area contributed by atoms with Crippen LogP contribution in [0.1, 0.15) is 91.9 Å². The van der Waals surface area contributed by atoms with Crippen molar-refractivity contribution in [2.24, 2.45) is 0 Å². The molecule has 0 saturated heterocycles. The van der Waals surface area contributed by atoms with Gasteiger partial charge in [0, 0.05) is 49.9 Å². The molecule has 13 nitrogen and oxygen atoms in total. The molecule has 5 heterocycles. The van der Waals surface area contributed by atoms with E-state index in [4.69, 9.17) is 23.7 Å². The fraction of sp³-hybridized carbons (Fsp3) is 0.535. The SMILES string of the molecule is CC(C)OCCn1cncn1.CC(C)OCc1ccccn1.CC(C)OCc1cccnc1.CC(C)OCc1ccncc1.Cc1nccn1CCOC(C)C. The molecule has 13 heteroatoms. The van der Waals surface area contributed by atoms with Gasteiger partial charge in [-0.2, -0.15) is 5.10 Å². The number of aryl methyl sites for hydroxylation is 1. The summed E-state index contributed by atoms with van der Waals surface area (Å²) < 4.78 is 30.7. The molecule has 0 N–H and O–H groups in total. The van der Waals surface area contributed by atoms with Crippen LogP contribution in [0.4, 0.5) is 0 Å². The van der Waals surface area contributed by atoms with Gasteiger partial charge >= 0.3 is 0 Å². The number of ether oxygens (including phenoxy) is 5. The largest absolute Gasteiger partial charge is 0.377 e. The minimum absolute atomic E-state index is 0.275. The summed E-state index contributed by atoms with van der Waals surface area (Å²) in [6.45, 7) is 27.3. The Balaban J connectivity index is 0.000000350. The molecule has 0 aromatic carbocycles. The Bertz CT molecular complexity index is 1440. The van der Waals surface area contributed by atoms with E-state index in [1.807, 2.05) is 137 Å². The molecule has 0 spiro atoms. The molecule has 310 valence electrons. The van der Waals surface area contributed by atoms with Crippen LogP contribution < -0.4 is 0 Å². The third-order valence-corrected chi connectivity index (χ3v) is 6.87. The maximum Gasteiger partial charge on any atom is 0.137 e. The van der Waals surface area contributed by atoms with Gasteiger partial charge in [-0.3, -0.25) is 19.6 Å². The molecule has 56 heavy (non-hydrogen) atoms. The number of imidazole rings is 1. The van der Waals surface area contributed by atoms with E-state index >= 15 is 0 Å². The number of aromatic nitrogens is 8. The van der Waals surface area contributed by atoms with Crippen LogP contribution in [0, 0.1) is 6.92 Å². The van der Waals surface area contributed by atoms with Gasteiger partial charge in [-0.05, 0) is 118 Å². The summed E-state index contributed by atoms with van der Waals surface area (Å²) in [5, 5.41) is 3.94. The second kappa shape index (κ2) is 31.8. The van der Waals surface area contributed by atoms with E-state index in [2.05, 4.69) is 34.6 Å². The maximum absolute atomic E-state index is 5.42. The van der Waals surface area contributed by atoms with Gasteiger partial charge in [0.2, 0.25) is 0 Å². The second-order valence-corrected chi connectivity index (χ2v) is 13.8. The lowest BCUT2D eigenvalue weighted by atomic mass is 10.3. The molecule has 0 unspecified atom stereocenters. The lowest BCUT2D eigenvalue weighted by molar-refractivity contribution is 0.0636. The first kappa shape index (κ1) is 49.6. The zero-order valence-electron chi connectivity index (χ0n) is 35.7. The fourth-order valence-corrected chi connectivity index (χ4v) is 3.98. The maximum atomic E-state index is 5.42. The lowest BCUT2D eigenvalue weighted by Crippen LogP contribution is -2.10. The van der Waals surface area contributed by atoms with Crippen molar-refractivity contribution in [1.82, 2.24) is 39.3 Å². The third-order valence-electron chi connectivity index (χ3n) is 6.87. The van der Waals surface area contributed by atoms with Crippen molar-refractivity contribution < 1.29 is 23.7 Å². The second-order valence-electron chi connectivity index (χ2n) is 13.8. The first-order chi connectivity index (χ1) is 26.8. The monoisotopic (exact) mass is 777 g/mol. The highest BCUT2D eigenvalue weighted by Crippen LogP contribution is 2.02. The van der Waals surface area contributed by atoms with Gasteiger partial charge in [0.1, 0.15) is 18.5 Å². The summed E-state index contributed by atoms with van der Waals surface area (Å²) in [6, 6.07) is 13.7. The fourth-order valence-electron chi connectivity index (χ4n) is 3.98. The molecular weight excluding hydrogens is 709 g/mol. The van der Waals surface area contributed by atoms with Crippen LogP contribution in [0.5, 0.6) is 0 Å². The van der Waals surface area contributed by atoms with Crippen LogP contribution in [0.2, 0.25) is 0 Å². The average molecular weight is 777 g/mol. The van der Waals surface area contributed by atoms with Gasteiger partial charge in [0.15, 0.2) is 0 Å². The Kier molecular flexibility index (Phi) is 28.1. The van der Waals surface area contributed by atoms with Crippen molar-refractivity contribution in [3.8, 4) is 0 Å². The molecule has 0 aliphatic carbocycles. The van der Waals surface area contributed by atoms with E-state index in [1.54, 1.807) is 35.8 Å². The third kappa shape index (κ3) is 29.0. The smallest absolute Gasteiger partial charge is 0.137 e. The molecule has 0 atom stereocenters. The van der Waals surface area contributed by atoms with Crippen LogP contribution in [0.15, 0.2) is 98.5 Å². The average Bonchev–Trinajstić information content (AvgIpc) is 3.86. The predicted octanol–water partition coefficient (Wildman–Crippen LogP) is 8.34. The van der Waals surface area contributed by atoms with Crippen LogP contribution in [-0.4, -0.2) is 83.0 Å². The molecular formula is C43H68N8O5. The molecule has 0 radical (unpaired) electrons. The number of hydrogen-bond donors (Lipinski definition) is 0. The molecule has 0 saturated carbocycles. The quantitative estimate of drug-likeness (QED) is 0.0903. The Morgan fingerprint density at radius 2 is 1.14 bits per heavy atom. The summed E-state index contributed by atoms with van der Waals surface area (Å²) in [4.78, 5) is 20.0. The van der Waals surface area contributed by atoms with Gasteiger partial charge in [-0.25, -0.2) is 9.97 Å². The summed E-state index contributed by atoms with van der Waals surface area (Å²) in [7, 11) is 0. The standard InChI is InChI=1S/C9H16N2O.3C9H13NO.C7H13N3O/c1-8(2)12-7-6-11-5-4-10-9(11)3;1-8(2)11-7-9-3-5-10-6-4-9;1-8(2)11-7-9-4-3-5-10-6-9;1-8(2)11-7-9-5-3-4-6-10-9;1-7(2)11-4-3-10-6-8-5-9-10/h4-5,8H,6-7H2,1-3H3;3*3-6,8H,7H2,1-2H3;5-7H,3-4H2,1-2H3. The molecule has 0 fully saturated rings. The zero-order valence-corrected chi connectivity index (χ0v) is 35.7. The summed E-state index contributed by atoms with van der Waals surface area (Å²) in [5.74, 6) is 1.04. The van der Waals surface area contributed by atoms with Crippen molar-refractivity contribution in [2.75, 3.05) is 13.2 Å². The van der Waals surface area contributed by atoms with Gasteiger partial charge in [0.05, 0.1) is 75.8 Å². The Morgan fingerprint density at radius 3 is 1.64 bits per heavy atom. The summed E-state index contributed by atoms with van der Waals surface area (Å²) in [6.07, 6.45) is 17.4. The molecule has 5 aromatic heterocycles. The zero-order chi connectivity index (χ0) is 41.4. The Labute approximate surface area is 336 Å². The van der Waals surface area contributed by atoms with E-state index in [0.29, 0.717) is 44.7 Å². The number of pyridine rings is 3. The van der Waals surface area contributed by atoms with E-state index in [-0.39, 0.29) is 12.2 Å². The topological polar surface area (TPSA) is 133 Å². The molecule has 0 aliphatic rings. The first-order valence-electron chi connectivity index (χ1n) is 19.4. The van der Waals surface area contributed by atoms with Crippen molar-refractivity contribution in [1.29, 1.82) is 0 Å². The summed E-state index contributed by atoms with van der Waals surface area (Å²) >= 11 is 0. The highest BCUT2D eigenvalue weighted by atomic mass is 16.5. The molecule has 5 aromatic rings. The molecule has 0 amide bonds. The van der Waals surface area contributed by atoms with Gasteiger partial charge < -0.3 is 28.3 Å².